The van der Waals surface area contributed by atoms with Crippen LogP contribution in [-0.4, -0.2) is 28.7 Å². The van der Waals surface area contributed by atoms with Crippen molar-refractivity contribution in [2.45, 2.75) is 24.7 Å². The van der Waals surface area contributed by atoms with Crippen molar-refractivity contribution >= 4 is 20.8 Å². The molecule has 0 atom stereocenters. The highest BCUT2D eigenvalue weighted by Gasteiger charge is 2.14. The van der Waals surface area contributed by atoms with Gasteiger partial charge in [-0.05, 0) is 72.5 Å². The number of nitrogens with one attached hydrogen (secondary N) is 1. The summed E-state index contributed by atoms with van der Waals surface area (Å²) < 4.78 is 38.5. The van der Waals surface area contributed by atoms with Crippen LogP contribution in [0.2, 0.25) is 0 Å². The van der Waals surface area contributed by atoms with Crippen LogP contribution in [0.4, 0.5) is 0 Å². The molecule has 3 aromatic carbocycles. The van der Waals surface area contributed by atoms with Crippen molar-refractivity contribution in [3.8, 4) is 11.5 Å². The van der Waals surface area contributed by atoms with Crippen molar-refractivity contribution in [3.63, 3.8) is 0 Å². The molecule has 0 aliphatic carbocycles. The number of sulfonamides is 1. The van der Waals surface area contributed by atoms with Crippen molar-refractivity contribution in [2.75, 3.05) is 20.3 Å². The Labute approximate surface area is 166 Å². The Bertz CT molecular complexity index is 1030. The zero-order chi connectivity index (χ0) is 20.0. The lowest BCUT2D eigenvalue weighted by Crippen LogP contribution is -2.25. The summed E-state index contributed by atoms with van der Waals surface area (Å²) in [6.07, 6.45) is 1.52. The number of hydrogen-bond donors (Lipinski definition) is 1. The summed E-state index contributed by atoms with van der Waals surface area (Å²) in [4.78, 5) is 0.270. The largest absolute Gasteiger partial charge is 0.497 e. The van der Waals surface area contributed by atoms with E-state index in [0.717, 1.165) is 40.7 Å². The maximum atomic E-state index is 12.6. The number of methoxy groups -OCH3 is 1. The van der Waals surface area contributed by atoms with E-state index in [4.69, 9.17) is 9.47 Å². The normalized spacial score (nSPS) is 11.5. The first-order valence-electron chi connectivity index (χ1n) is 9.31. The van der Waals surface area contributed by atoms with Gasteiger partial charge in [0.1, 0.15) is 11.5 Å². The number of fused-ring (bicyclic) bond motifs is 1. The molecule has 0 fully saturated rings. The summed E-state index contributed by atoms with van der Waals surface area (Å²) in [6.45, 7) is 2.98. The third kappa shape index (κ3) is 5.03. The predicted molar refractivity (Wildman–Crippen MR) is 112 cm³/mol. The summed E-state index contributed by atoms with van der Waals surface area (Å²) in [5, 5.41) is 1.80. The second-order valence-corrected chi connectivity index (χ2v) is 8.22. The number of hydrogen-bond acceptors (Lipinski definition) is 4. The van der Waals surface area contributed by atoms with E-state index in [-0.39, 0.29) is 4.90 Å². The first-order chi connectivity index (χ1) is 13.5. The number of benzene rings is 3. The molecule has 0 radical (unpaired) electrons. The van der Waals surface area contributed by atoms with Crippen LogP contribution in [0.5, 0.6) is 11.5 Å². The summed E-state index contributed by atoms with van der Waals surface area (Å²) in [5.41, 5.74) is 1.15. The van der Waals surface area contributed by atoms with E-state index in [1.165, 1.54) is 0 Å². The Morgan fingerprint density at radius 1 is 0.893 bits per heavy atom. The maximum absolute atomic E-state index is 12.6. The van der Waals surface area contributed by atoms with Gasteiger partial charge in [0, 0.05) is 6.54 Å². The lowest BCUT2D eigenvalue weighted by atomic mass is 10.1. The van der Waals surface area contributed by atoms with Gasteiger partial charge in [-0.2, -0.15) is 0 Å². The van der Waals surface area contributed by atoms with Gasteiger partial charge < -0.3 is 9.47 Å². The predicted octanol–water partition coefficient (Wildman–Crippen LogP) is 4.16. The van der Waals surface area contributed by atoms with Crippen LogP contribution in [0.25, 0.3) is 10.8 Å². The van der Waals surface area contributed by atoms with Gasteiger partial charge in [0.25, 0.3) is 0 Å². The van der Waals surface area contributed by atoms with E-state index >= 15 is 0 Å². The van der Waals surface area contributed by atoms with Crippen LogP contribution in [0, 0.1) is 0 Å². The van der Waals surface area contributed by atoms with Gasteiger partial charge in [0.05, 0.1) is 18.6 Å². The van der Waals surface area contributed by atoms with E-state index in [2.05, 4.69) is 4.72 Å². The maximum Gasteiger partial charge on any atom is 0.240 e. The molecule has 0 aliphatic rings. The molecule has 1 N–H and O–H groups in total. The quantitative estimate of drug-likeness (QED) is 0.549. The zero-order valence-corrected chi connectivity index (χ0v) is 17.0. The van der Waals surface area contributed by atoms with Crippen LogP contribution >= 0.6 is 0 Å². The Balaban J connectivity index is 1.58. The monoisotopic (exact) mass is 399 g/mol. The number of ether oxygens (including phenoxy) is 2. The fourth-order valence-electron chi connectivity index (χ4n) is 3.00. The molecule has 0 unspecified atom stereocenters. The molecule has 148 valence electrons. The van der Waals surface area contributed by atoms with Crippen molar-refractivity contribution in [2.24, 2.45) is 0 Å². The summed E-state index contributed by atoms with van der Waals surface area (Å²) in [6, 6.07) is 18.6. The lowest BCUT2D eigenvalue weighted by molar-refractivity contribution is 0.340. The Kier molecular flexibility index (Phi) is 6.54. The van der Waals surface area contributed by atoms with E-state index in [1.54, 1.807) is 25.3 Å². The molecule has 0 aromatic heterocycles. The Morgan fingerprint density at radius 2 is 1.57 bits per heavy atom. The molecule has 0 aliphatic heterocycles. The topological polar surface area (TPSA) is 64.6 Å². The lowest BCUT2D eigenvalue weighted by Gasteiger charge is -2.09. The minimum atomic E-state index is -3.54. The molecule has 0 spiro atoms. The van der Waals surface area contributed by atoms with Crippen molar-refractivity contribution in [1.29, 1.82) is 0 Å². The van der Waals surface area contributed by atoms with Crippen molar-refractivity contribution in [3.05, 3.63) is 66.2 Å². The van der Waals surface area contributed by atoms with Gasteiger partial charge in [-0.15, -0.1) is 0 Å². The van der Waals surface area contributed by atoms with E-state index < -0.39 is 10.0 Å². The average molecular weight is 400 g/mol. The summed E-state index contributed by atoms with van der Waals surface area (Å²) in [7, 11) is -1.93. The molecular formula is C22H25NO4S. The molecule has 3 aromatic rings. The fraction of sp³-hybridized carbons (Fsp3) is 0.273. The first kappa shape index (κ1) is 20.2. The highest BCUT2D eigenvalue weighted by Crippen LogP contribution is 2.23. The van der Waals surface area contributed by atoms with Gasteiger partial charge in [0.2, 0.25) is 10.0 Å². The third-order valence-electron chi connectivity index (χ3n) is 4.50. The first-order valence-corrected chi connectivity index (χ1v) is 10.8. The number of rotatable bonds is 9. The molecule has 0 saturated carbocycles. The molecule has 28 heavy (non-hydrogen) atoms. The van der Waals surface area contributed by atoms with Crippen LogP contribution in [0.3, 0.4) is 0 Å². The van der Waals surface area contributed by atoms with Gasteiger partial charge in [-0.25, -0.2) is 13.1 Å². The van der Waals surface area contributed by atoms with Crippen LogP contribution in [0.1, 0.15) is 18.9 Å². The van der Waals surface area contributed by atoms with E-state index in [0.29, 0.717) is 13.2 Å². The van der Waals surface area contributed by atoms with Gasteiger partial charge >= 0.3 is 0 Å². The second kappa shape index (κ2) is 9.08. The van der Waals surface area contributed by atoms with Gasteiger partial charge in [-0.3, -0.25) is 0 Å². The summed E-state index contributed by atoms with van der Waals surface area (Å²) >= 11 is 0. The van der Waals surface area contributed by atoms with E-state index in [1.807, 2.05) is 49.4 Å². The van der Waals surface area contributed by atoms with Crippen LogP contribution in [-0.2, 0) is 16.4 Å². The Hall–Kier alpha value is -2.57. The minimum absolute atomic E-state index is 0.270. The van der Waals surface area contributed by atoms with Crippen LogP contribution in [0.15, 0.2) is 65.6 Å². The van der Waals surface area contributed by atoms with Crippen LogP contribution < -0.4 is 14.2 Å². The second-order valence-electron chi connectivity index (χ2n) is 6.45. The zero-order valence-electron chi connectivity index (χ0n) is 16.1. The third-order valence-corrected chi connectivity index (χ3v) is 5.96. The molecule has 0 bridgehead atoms. The van der Waals surface area contributed by atoms with Crippen molar-refractivity contribution < 1.29 is 17.9 Å². The SMILES string of the molecule is CCOc1ccc(CCCNS(=O)(=O)c2ccc3cc(OC)ccc3c2)cc1. The average Bonchev–Trinajstić information content (AvgIpc) is 2.71. The summed E-state index contributed by atoms with van der Waals surface area (Å²) in [5.74, 6) is 1.59. The standard InChI is InChI=1S/C22H25NO4S/c1-3-27-20-10-6-17(7-11-20)5-4-14-23-28(24,25)22-13-9-18-15-21(26-2)12-8-19(18)16-22/h6-13,15-16,23H,3-5,14H2,1-2H3. The molecule has 5 nitrogen and oxygen atoms in total. The highest BCUT2D eigenvalue weighted by molar-refractivity contribution is 7.89. The smallest absolute Gasteiger partial charge is 0.240 e. The van der Waals surface area contributed by atoms with Gasteiger partial charge in [-0.1, -0.05) is 24.3 Å². The molecule has 0 amide bonds. The molecule has 0 heterocycles. The minimum Gasteiger partial charge on any atom is -0.497 e. The Morgan fingerprint density at radius 3 is 2.29 bits per heavy atom. The highest BCUT2D eigenvalue weighted by atomic mass is 32.2. The van der Waals surface area contributed by atoms with Gasteiger partial charge in [0.15, 0.2) is 0 Å². The molecule has 6 heteroatoms. The van der Waals surface area contributed by atoms with Crippen molar-refractivity contribution in [1.82, 2.24) is 4.72 Å². The molecular weight excluding hydrogens is 374 g/mol. The fourth-order valence-corrected chi connectivity index (χ4v) is 4.11. The molecule has 0 saturated heterocycles. The molecule has 3 rings (SSSR count). The number of aryl methyl sites for hydroxylation is 1. The van der Waals surface area contributed by atoms with E-state index in [9.17, 15) is 8.42 Å².